The minimum Gasteiger partial charge on any atom is -0.478 e. The number of carboxylic acids is 1. The summed E-state index contributed by atoms with van der Waals surface area (Å²) in [5, 5.41) is 10.2. The summed E-state index contributed by atoms with van der Waals surface area (Å²) in [5.41, 5.74) is -0.554. The normalized spacial score (nSPS) is 12.8. The highest BCUT2D eigenvalue weighted by atomic mass is 19.4. The zero-order valence-corrected chi connectivity index (χ0v) is 10.5. The molecule has 2 N–H and O–H groups in total. The van der Waals surface area contributed by atoms with Crippen molar-refractivity contribution in [2.45, 2.75) is 19.1 Å². The Kier molecular flexibility index (Phi) is 4.21. The van der Waals surface area contributed by atoms with E-state index in [9.17, 15) is 27.6 Å². The number of hydrogen-bond acceptors (Lipinski definition) is 3. The number of amides is 1. The number of aromatic carboxylic acids is 1. The SMILES string of the molecule is C[C@H](NC(=O)C(=O)c1cc(C(=O)O)cn1C)C(F)(F)F. The molecule has 9 heteroatoms. The number of carbonyl (C=O) groups is 3. The van der Waals surface area contributed by atoms with Gasteiger partial charge in [-0.2, -0.15) is 13.2 Å². The molecular weight excluding hydrogens is 281 g/mol. The van der Waals surface area contributed by atoms with E-state index in [0.717, 1.165) is 16.8 Å². The zero-order valence-electron chi connectivity index (χ0n) is 10.5. The van der Waals surface area contributed by atoms with Gasteiger partial charge in [0.1, 0.15) is 6.04 Å². The second kappa shape index (κ2) is 5.35. The fourth-order valence-electron chi connectivity index (χ4n) is 1.37. The van der Waals surface area contributed by atoms with Crippen LogP contribution in [0.5, 0.6) is 0 Å². The molecule has 0 aliphatic rings. The summed E-state index contributed by atoms with van der Waals surface area (Å²) in [6.07, 6.45) is -3.59. The summed E-state index contributed by atoms with van der Waals surface area (Å²) in [6.45, 7) is 0.693. The number of carbonyl (C=O) groups excluding carboxylic acids is 2. The molecule has 0 aliphatic carbocycles. The molecule has 0 aliphatic heterocycles. The number of Topliss-reactive ketones (excluding diaryl/α,β-unsaturated/α-hetero) is 1. The summed E-state index contributed by atoms with van der Waals surface area (Å²) in [4.78, 5) is 33.8. The van der Waals surface area contributed by atoms with Crippen LogP contribution in [0.3, 0.4) is 0 Å². The first-order chi connectivity index (χ1) is 9.04. The second-order valence-corrected chi connectivity index (χ2v) is 4.10. The first-order valence-corrected chi connectivity index (χ1v) is 5.35. The van der Waals surface area contributed by atoms with Gasteiger partial charge < -0.3 is 15.0 Å². The predicted molar refractivity (Wildman–Crippen MR) is 60.4 cm³/mol. The molecule has 20 heavy (non-hydrogen) atoms. The van der Waals surface area contributed by atoms with E-state index in [2.05, 4.69) is 0 Å². The van der Waals surface area contributed by atoms with Gasteiger partial charge in [0, 0.05) is 13.2 Å². The van der Waals surface area contributed by atoms with Crippen LogP contribution in [-0.2, 0) is 11.8 Å². The van der Waals surface area contributed by atoms with Gasteiger partial charge in [0.2, 0.25) is 0 Å². The Morgan fingerprint density at radius 3 is 2.30 bits per heavy atom. The van der Waals surface area contributed by atoms with Gasteiger partial charge in [-0.1, -0.05) is 0 Å². The van der Waals surface area contributed by atoms with E-state index >= 15 is 0 Å². The third kappa shape index (κ3) is 3.37. The largest absolute Gasteiger partial charge is 0.478 e. The Bertz CT molecular complexity index is 563. The number of alkyl halides is 3. The van der Waals surface area contributed by atoms with Crippen molar-refractivity contribution in [1.29, 1.82) is 0 Å². The van der Waals surface area contributed by atoms with Crippen molar-refractivity contribution >= 4 is 17.7 Å². The van der Waals surface area contributed by atoms with Crippen LogP contribution >= 0.6 is 0 Å². The van der Waals surface area contributed by atoms with E-state index in [1.165, 1.54) is 12.4 Å². The minimum absolute atomic E-state index is 0.243. The van der Waals surface area contributed by atoms with Crippen molar-refractivity contribution in [2.75, 3.05) is 0 Å². The van der Waals surface area contributed by atoms with E-state index < -0.39 is 29.9 Å². The quantitative estimate of drug-likeness (QED) is 0.639. The fourth-order valence-corrected chi connectivity index (χ4v) is 1.37. The first kappa shape index (κ1) is 15.7. The van der Waals surface area contributed by atoms with Crippen molar-refractivity contribution in [1.82, 2.24) is 9.88 Å². The number of nitrogens with zero attached hydrogens (tertiary/aromatic N) is 1. The number of aryl methyl sites for hydroxylation is 1. The maximum Gasteiger partial charge on any atom is 0.408 e. The monoisotopic (exact) mass is 292 g/mol. The fraction of sp³-hybridized carbons (Fsp3) is 0.364. The van der Waals surface area contributed by atoms with E-state index in [-0.39, 0.29) is 11.3 Å². The van der Waals surface area contributed by atoms with Gasteiger partial charge in [0.15, 0.2) is 0 Å². The Morgan fingerprint density at radius 1 is 1.35 bits per heavy atom. The third-order valence-corrected chi connectivity index (χ3v) is 2.53. The van der Waals surface area contributed by atoms with Gasteiger partial charge in [-0.05, 0) is 13.0 Å². The topological polar surface area (TPSA) is 88.4 Å². The summed E-state index contributed by atoms with van der Waals surface area (Å²) in [5.74, 6) is -4.01. The van der Waals surface area contributed by atoms with Crippen LogP contribution in [0.2, 0.25) is 0 Å². The van der Waals surface area contributed by atoms with Crippen LogP contribution in [-0.4, -0.2) is 39.6 Å². The molecule has 0 fully saturated rings. The molecule has 0 bridgehead atoms. The molecule has 0 saturated heterocycles. The van der Waals surface area contributed by atoms with E-state index in [1.54, 1.807) is 0 Å². The number of hydrogen-bond donors (Lipinski definition) is 2. The zero-order chi connectivity index (χ0) is 15.7. The lowest BCUT2D eigenvalue weighted by molar-refractivity contribution is -0.156. The van der Waals surface area contributed by atoms with Crippen molar-refractivity contribution in [3.63, 3.8) is 0 Å². The maximum absolute atomic E-state index is 12.3. The Labute approximate surface area is 111 Å². The maximum atomic E-state index is 12.3. The van der Waals surface area contributed by atoms with Gasteiger partial charge in [0.05, 0.1) is 11.3 Å². The van der Waals surface area contributed by atoms with E-state index in [4.69, 9.17) is 5.11 Å². The van der Waals surface area contributed by atoms with Crippen LogP contribution < -0.4 is 5.32 Å². The number of rotatable bonds is 4. The average Bonchev–Trinajstić information content (AvgIpc) is 2.69. The van der Waals surface area contributed by atoms with Gasteiger partial charge >= 0.3 is 12.1 Å². The Hall–Kier alpha value is -2.32. The van der Waals surface area contributed by atoms with E-state index in [0.29, 0.717) is 6.92 Å². The highest BCUT2D eigenvalue weighted by molar-refractivity contribution is 6.42. The standard InChI is InChI=1S/C11H11F3N2O4/c1-5(11(12,13)14)15-9(18)8(17)7-3-6(10(19)20)4-16(7)2/h3-5H,1-2H3,(H,15,18)(H,19,20)/t5-/m0/s1. The number of nitrogens with one attached hydrogen (secondary N) is 1. The molecular formula is C11H11F3N2O4. The minimum atomic E-state index is -4.67. The van der Waals surface area contributed by atoms with Crippen molar-refractivity contribution in [3.8, 4) is 0 Å². The Balaban J connectivity index is 2.90. The molecule has 110 valence electrons. The molecule has 1 atom stereocenters. The predicted octanol–water partition coefficient (Wildman–Crippen LogP) is 0.973. The molecule has 1 amide bonds. The Morgan fingerprint density at radius 2 is 1.90 bits per heavy atom. The molecule has 0 unspecified atom stereocenters. The van der Waals surface area contributed by atoms with Crippen molar-refractivity contribution < 1.29 is 32.7 Å². The molecule has 0 spiro atoms. The molecule has 6 nitrogen and oxygen atoms in total. The lowest BCUT2D eigenvalue weighted by atomic mass is 10.2. The third-order valence-electron chi connectivity index (χ3n) is 2.53. The van der Waals surface area contributed by atoms with Gasteiger partial charge in [-0.3, -0.25) is 9.59 Å². The van der Waals surface area contributed by atoms with E-state index in [1.807, 2.05) is 0 Å². The number of halogens is 3. The number of aromatic nitrogens is 1. The molecule has 0 saturated carbocycles. The van der Waals surface area contributed by atoms with Gasteiger partial charge in [-0.15, -0.1) is 0 Å². The van der Waals surface area contributed by atoms with Crippen molar-refractivity contribution in [3.05, 3.63) is 23.5 Å². The summed E-state index contributed by atoms with van der Waals surface area (Å²) in [7, 11) is 1.31. The second-order valence-electron chi connectivity index (χ2n) is 4.10. The smallest absolute Gasteiger partial charge is 0.408 e. The summed E-state index contributed by atoms with van der Waals surface area (Å²) >= 11 is 0. The highest BCUT2D eigenvalue weighted by Gasteiger charge is 2.38. The van der Waals surface area contributed by atoms with Crippen LogP contribution in [0, 0.1) is 0 Å². The van der Waals surface area contributed by atoms with Crippen LogP contribution in [0.15, 0.2) is 12.3 Å². The molecule has 1 rings (SSSR count). The lowest BCUT2D eigenvalue weighted by Gasteiger charge is -2.16. The molecule has 1 heterocycles. The van der Waals surface area contributed by atoms with Crippen LogP contribution in [0.25, 0.3) is 0 Å². The van der Waals surface area contributed by atoms with Crippen molar-refractivity contribution in [2.24, 2.45) is 7.05 Å². The molecule has 1 aromatic heterocycles. The molecule has 0 radical (unpaired) electrons. The molecule has 1 aromatic rings. The van der Waals surface area contributed by atoms with Gasteiger partial charge in [-0.25, -0.2) is 4.79 Å². The number of carboxylic acid groups (broad SMARTS) is 1. The molecule has 0 aromatic carbocycles. The highest BCUT2D eigenvalue weighted by Crippen LogP contribution is 2.19. The summed E-state index contributed by atoms with van der Waals surface area (Å²) in [6, 6.07) is -1.26. The first-order valence-electron chi connectivity index (χ1n) is 5.35. The van der Waals surface area contributed by atoms with Crippen LogP contribution in [0.1, 0.15) is 27.8 Å². The average molecular weight is 292 g/mol. The van der Waals surface area contributed by atoms with Gasteiger partial charge in [0.25, 0.3) is 11.7 Å². The number of ketones is 1. The van der Waals surface area contributed by atoms with Crippen LogP contribution in [0.4, 0.5) is 13.2 Å². The summed E-state index contributed by atoms with van der Waals surface area (Å²) < 4.78 is 37.8. The lowest BCUT2D eigenvalue weighted by Crippen LogP contribution is -2.46.